The normalized spacial score (nSPS) is 15.1. The van der Waals surface area contributed by atoms with Crippen LogP contribution in [0.5, 0.6) is 11.5 Å². The van der Waals surface area contributed by atoms with Crippen LogP contribution in [0.2, 0.25) is 0 Å². The quantitative estimate of drug-likeness (QED) is 0.328. The van der Waals surface area contributed by atoms with E-state index in [0.717, 1.165) is 11.1 Å². The summed E-state index contributed by atoms with van der Waals surface area (Å²) < 4.78 is 5.95. The largest absolute Gasteiger partial charge is 0.455 e. The third kappa shape index (κ3) is 5.39. The lowest BCUT2D eigenvalue weighted by atomic mass is 10.1. The monoisotopic (exact) mass is 480 g/mol. The maximum Gasteiger partial charge on any atom is 0.255 e. The van der Waals surface area contributed by atoms with Crippen LogP contribution in [0.25, 0.3) is 0 Å². The molecule has 35 heavy (non-hydrogen) atoms. The van der Waals surface area contributed by atoms with Gasteiger partial charge in [0.15, 0.2) is 5.75 Å². The molecule has 0 unspecified atom stereocenters. The first-order valence-corrected chi connectivity index (χ1v) is 12.4. The fraction of sp³-hybridized carbons (Fsp3) is 0.103. The van der Waals surface area contributed by atoms with Gasteiger partial charge in [0.05, 0.1) is 11.4 Å². The van der Waals surface area contributed by atoms with E-state index in [9.17, 15) is 9.59 Å². The minimum absolute atomic E-state index is 0.0696. The van der Waals surface area contributed by atoms with Gasteiger partial charge in [0.2, 0.25) is 5.91 Å². The van der Waals surface area contributed by atoms with Crippen LogP contribution in [-0.2, 0) is 11.3 Å². The topological polar surface area (TPSA) is 58.6 Å². The number of thioether (sulfide) groups is 1. The molecule has 1 fully saturated rings. The lowest BCUT2D eigenvalue weighted by molar-refractivity contribution is -0.128. The number of carbonyl (C=O) groups is 2. The Bertz CT molecular complexity index is 1310. The van der Waals surface area contributed by atoms with Crippen molar-refractivity contribution in [3.05, 3.63) is 126 Å². The third-order valence-electron chi connectivity index (χ3n) is 5.73. The van der Waals surface area contributed by atoms with Crippen molar-refractivity contribution in [2.24, 2.45) is 0 Å². The first-order chi connectivity index (χ1) is 17.2. The van der Waals surface area contributed by atoms with Gasteiger partial charge >= 0.3 is 0 Å². The Hall–Kier alpha value is -4.03. The van der Waals surface area contributed by atoms with E-state index in [-0.39, 0.29) is 17.2 Å². The van der Waals surface area contributed by atoms with Crippen LogP contribution in [0.4, 0.5) is 5.69 Å². The molecule has 4 aromatic carbocycles. The Morgan fingerprint density at radius 2 is 1.51 bits per heavy atom. The molecule has 1 atom stereocenters. The third-order valence-corrected chi connectivity index (χ3v) is 6.98. The molecule has 1 heterocycles. The smallest absolute Gasteiger partial charge is 0.255 e. The van der Waals surface area contributed by atoms with Gasteiger partial charge < -0.3 is 15.0 Å². The lowest BCUT2D eigenvalue weighted by Gasteiger charge is -2.24. The molecule has 0 radical (unpaired) electrons. The summed E-state index contributed by atoms with van der Waals surface area (Å²) >= 11 is 1.61. The predicted molar refractivity (Wildman–Crippen MR) is 140 cm³/mol. The summed E-state index contributed by atoms with van der Waals surface area (Å²) in [7, 11) is 0. The Morgan fingerprint density at radius 1 is 0.857 bits per heavy atom. The number of hydrogen-bond acceptors (Lipinski definition) is 4. The van der Waals surface area contributed by atoms with Gasteiger partial charge in [-0.3, -0.25) is 9.59 Å². The van der Waals surface area contributed by atoms with Crippen LogP contribution < -0.4 is 10.1 Å². The number of ether oxygens (including phenoxy) is 1. The molecule has 0 aliphatic carbocycles. The molecule has 0 saturated carbocycles. The first-order valence-electron chi connectivity index (χ1n) is 11.4. The number of hydrogen-bond donors (Lipinski definition) is 1. The summed E-state index contributed by atoms with van der Waals surface area (Å²) in [6.07, 6.45) is 0. The highest BCUT2D eigenvalue weighted by atomic mass is 32.2. The molecule has 174 valence electrons. The van der Waals surface area contributed by atoms with Crippen molar-refractivity contribution in [3.8, 4) is 11.5 Å². The Balaban J connectivity index is 1.29. The van der Waals surface area contributed by atoms with Crippen molar-refractivity contribution in [2.75, 3.05) is 11.1 Å². The highest BCUT2D eigenvalue weighted by molar-refractivity contribution is 8.00. The number of nitrogens with one attached hydrogen (secondary N) is 1. The van der Waals surface area contributed by atoms with Gasteiger partial charge in [-0.1, -0.05) is 72.8 Å². The van der Waals surface area contributed by atoms with Gasteiger partial charge in [0, 0.05) is 12.1 Å². The Labute approximate surface area is 208 Å². The van der Waals surface area contributed by atoms with Gasteiger partial charge in [-0.25, -0.2) is 0 Å². The van der Waals surface area contributed by atoms with Crippen LogP contribution in [0, 0.1) is 0 Å². The maximum absolute atomic E-state index is 13.0. The fourth-order valence-electron chi connectivity index (χ4n) is 3.95. The minimum Gasteiger partial charge on any atom is -0.455 e. The van der Waals surface area contributed by atoms with Crippen LogP contribution in [-0.4, -0.2) is 22.5 Å². The van der Waals surface area contributed by atoms with E-state index in [1.807, 2.05) is 102 Å². The van der Waals surface area contributed by atoms with Gasteiger partial charge in [-0.15, -0.1) is 11.8 Å². The summed E-state index contributed by atoms with van der Waals surface area (Å²) in [4.78, 5) is 27.4. The number of para-hydroxylation sites is 3. The highest BCUT2D eigenvalue weighted by Crippen LogP contribution is 2.39. The molecule has 5 nitrogen and oxygen atoms in total. The Kier molecular flexibility index (Phi) is 6.82. The molecule has 0 spiro atoms. The molecule has 4 aromatic rings. The number of amides is 2. The molecule has 2 amide bonds. The molecule has 6 heteroatoms. The minimum atomic E-state index is -0.225. The van der Waals surface area contributed by atoms with Crippen molar-refractivity contribution in [1.29, 1.82) is 0 Å². The predicted octanol–water partition coefficient (Wildman–Crippen LogP) is 6.51. The van der Waals surface area contributed by atoms with E-state index in [1.165, 1.54) is 0 Å². The van der Waals surface area contributed by atoms with Crippen molar-refractivity contribution >= 4 is 29.3 Å². The molecule has 1 N–H and O–H groups in total. The lowest BCUT2D eigenvalue weighted by Crippen LogP contribution is -2.27. The molecular formula is C29H24N2O3S. The van der Waals surface area contributed by atoms with E-state index < -0.39 is 0 Å². The van der Waals surface area contributed by atoms with Gasteiger partial charge in [0.25, 0.3) is 5.91 Å². The highest BCUT2D eigenvalue weighted by Gasteiger charge is 2.32. The molecule has 5 rings (SSSR count). The summed E-state index contributed by atoms with van der Waals surface area (Å²) in [5.74, 6) is 1.62. The van der Waals surface area contributed by atoms with E-state index in [2.05, 4.69) is 5.32 Å². The number of nitrogens with zero attached hydrogens (tertiary/aromatic N) is 1. The van der Waals surface area contributed by atoms with Crippen LogP contribution >= 0.6 is 11.8 Å². The average Bonchev–Trinajstić information content (AvgIpc) is 3.26. The maximum atomic E-state index is 13.0. The van der Waals surface area contributed by atoms with Crippen LogP contribution in [0.15, 0.2) is 109 Å². The molecule has 1 aliphatic heterocycles. The number of anilines is 1. The zero-order chi connectivity index (χ0) is 24.0. The van der Waals surface area contributed by atoms with Crippen LogP contribution in [0.1, 0.15) is 26.9 Å². The summed E-state index contributed by atoms with van der Waals surface area (Å²) in [5, 5.41) is 2.88. The SMILES string of the molecule is O=C(Nc1ccccc1Oc1ccccc1)c1ccc([C@@H]2SCC(=O)N2Cc2ccccc2)cc1. The molecule has 0 aromatic heterocycles. The van der Waals surface area contributed by atoms with Gasteiger partial charge in [-0.2, -0.15) is 0 Å². The zero-order valence-electron chi connectivity index (χ0n) is 19.0. The van der Waals surface area contributed by atoms with Crippen molar-refractivity contribution < 1.29 is 14.3 Å². The summed E-state index contributed by atoms with van der Waals surface area (Å²) in [6, 6.07) is 34.2. The molecule has 1 aliphatic rings. The van der Waals surface area contributed by atoms with Crippen molar-refractivity contribution in [3.63, 3.8) is 0 Å². The molecular weight excluding hydrogens is 456 g/mol. The fourth-order valence-corrected chi connectivity index (χ4v) is 5.14. The second-order valence-corrected chi connectivity index (χ2v) is 9.23. The number of rotatable bonds is 7. The summed E-state index contributed by atoms with van der Waals surface area (Å²) in [6.45, 7) is 0.567. The second-order valence-electron chi connectivity index (χ2n) is 8.16. The first kappa shape index (κ1) is 22.7. The summed E-state index contributed by atoms with van der Waals surface area (Å²) in [5.41, 5.74) is 3.23. The van der Waals surface area contributed by atoms with Gasteiger partial charge in [-0.05, 0) is 47.5 Å². The van der Waals surface area contributed by atoms with E-state index >= 15 is 0 Å². The zero-order valence-corrected chi connectivity index (χ0v) is 19.8. The van der Waals surface area contributed by atoms with Crippen molar-refractivity contribution in [2.45, 2.75) is 11.9 Å². The van der Waals surface area contributed by atoms with E-state index in [1.54, 1.807) is 23.9 Å². The molecule has 0 bridgehead atoms. The van der Waals surface area contributed by atoms with E-state index in [4.69, 9.17) is 4.74 Å². The second kappa shape index (κ2) is 10.5. The van der Waals surface area contributed by atoms with Gasteiger partial charge in [0.1, 0.15) is 11.1 Å². The standard InChI is InChI=1S/C29H24N2O3S/c32-27-20-35-29(31(27)19-21-9-3-1-4-10-21)23-17-15-22(16-18-23)28(33)30-25-13-7-8-14-26(25)34-24-11-5-2-6-12-24/h1-18,29H,19-20H2,(H,30,33)/t29-/m0/s1. The van der Waals surface area contributed by atoms with Crippen molar-refractivity contribution in [1.82, 2.24) is 4.90 Å². The average molecular weight is 481 g/mol. The number of carbonyl (C=O) groups excluding carboxylic acids is 2. The number of benzene rings is 4. The van der Waals surface area contributed by atoms with E-state index in [0.29, 0.717) is 35.0 Å². The van der Waals surface area contributed by atoms with Crippen LogP contribution in [0.3, 0.4) is 0 Å². The Morgan fingerprint density at radius 3 is 2.26 bits per heavy atom. The molecule has 1 saturated heterocycles.